The Balaban J connectivity index is 1.56. The second kappa shape index (κ2) is 7.50. The van der Waals surface area contributed by atoms with Crippen molar-refractivity contribution in [3.63, 3.8) is 0 Å². The van der Waals surface area contributed by atoms with Gasteiger partial charge in [-0.15, -0.1) is 0 Å². The zero-order valence-electron chi connectivity index (χ0n) is 17.6. The van der Waals surface area contributed by atoms with Crippen molar-refractivity contribution in [2.75, 3.05) is 29.9 Å². The molecule has 4 rings (SSSR count). The molecule has 2 aromatic rings. The average Bonchev–Trinajstić information content (AvgIpc) is 3.30. The Morgan fingerprint density at radius 1 is 1.21 bits per heavy atom. The summed E-state index contributed by atoms with van der Waals surface area (Å²) >= 11 is 0. The van der Waals surface area contributed by atoms with Crippen LogP contribution in [0.4, 0.5) is 11.8 Å². The third-order valence-corrected chi connectivity index (χ3v) is 5.96. The van der Waals surface area contributed by atoms with Crippen LogP contribution in [0.15, 0.2) is 12.3 Å². The lowest BCUT2D eigenvalue weighted by Gasteiger charge is -2.35. The molecule has 0 amide bonds. The van der Waals surface area contributed by atoms with Crippen LogP contribution >= 0.6 is 0 Å². The molecule has 8 heteroatoms. The number of anilines is 2. The number of H-pyrrole nitrogens is 1. The fourth-order valence-corrected chi connectivity index (χ4v) is 3.97. The number of nitrogens with one attached hydrogen (secondary N) is 5. The first-order valence-electron chi connectivity index (χ1n) is 10.4. The van der Waals surface area contributed by atoms with Gasteiger partial charge in [0.25, 0.3) is 0 Å². The van der Waals surface area contributed by atoms with E-state index in [1.165, 1.54) is 0 Å². The molecular formula is C20H34N8. The summed E-state index contributed by atoms with van der Waals surface area (Å²) in [4.78, 5) is 15.3. The van der Waals surface area contributed by atoms with Crippen LogP contribution < -0.4 is 26.4 Å². The van der Waals surface area contributed by atoms with Crippen LogP contribution in [0.1, 0.15) is 41.0 Å². The molecule has 2 fully saturated rings. The van der Waals surface area contributed by atoms with E-state index in [0.29, 0.717) is 18.0 Å². The third-order valence-electron chi connectivity index (χ3n) is 5.96. The SMILES string of the molecule is CC(C)[C@@H]1CN(c2nc(NC3CC(C(C)(C)C)NN3)c3cc[nH]c3n2)CCN1. The Kier molecular flexibility index (Phi) is 5.20. The van der Waals surface area contributed by atoms with E-state index in [-0.39, 0.29) is 11.6 Å². The second-order valence-corrected chi connectivity index (χ2v) is 9.50. The van der Waals surface area contributed by atoms with Crippen LogP contribution in [0.25, 0.3) is 11.0 Å². The first-order valence-corrected chi connectivity index (χ1v) is 10.4. The summed E-state index contributed by atoms with van der Waals surface area (Å²) in [6.07, 6.45) is 3.07. The van der Waals surface area contributed by atoms with Gasteiger partial charge in [-0.3, -0.25) is 5.43 Å². The van der Waals surface area contributed by atoms with Gasteiger partial charge in [-0.05, 0) is 23.8 Å². The topological polar surface area (TPSA) is 92.9 Å². The highest BCUT2D eigenvalue weighted by molar-refractivity contribution is 5.88. The predicted molar refractivity (Wildman–Crippen MR) is 114 cm³/mol. The Bertz CT molecular complexity index is 808. The first-order chi connectivity index (χ1) is 13.3. The van der Waals surface area contributed by atoms with E-state index >= 15 is 0 Å². The average molecular weight is 387 g/mol. The molecule has 154 valence electrons. The minimum absolute atomic E-state index is 0.136. The molecule has 2 aromatic heterocycles. The van der Waals surface area contributed by atoms with Crippen molar-refractivity contribution in [3.05, 3.63) is 12.3 Å². The Labute approximate surface area is 167 Å². The molecule has 0 aromatic carbocycles. The molecule has 5 N–H and O–H groups in total. The maximum atomic E-state index is 4.93. The molecule has 2 aliphatic heterocycles. The fourth-order valence-electron chi connectivity index (χ4n) is 3.97. The van der Waals surface area contributed by atoms with Gasteiger partial charge in [-0.2, -0.15) is 9.97 Å². The Hall–Kier alpha value is -1.90. The summed E-state index contributed by atoms with van der Waals surface area (Å²) in [5, 5.41) is 8.23. The highest BCUT2D eigenvalue weighted by Gasteiger charge is 2.33. The van der Waals surface area contributed by atoms with Crippen LogP contribution in [-0.2, 0) is 0 Å². The molecule has 0 radical (unpaired) electrons. The molecule has 2 aliphatic rings. The summed E-state index contributed by atoms with van der Waals surface area (Å²) < 4.78 is 0. The fraction of sp³-hybridized carbons (Fsp3) is 0.700. The smallest absolute Gasteiger partial charge is 0.229 e. The molecule has 0 spiro atoms. The van der Waals surface area contributed by atoms with Crippen LogP contribution in [0.3, 0.4) is 0 Å². The lowest BCUT2D eigenvalue weighted by molar-refractivity contribution is 0.286. The molecule has 2 unspecified atom stereocenters. The van der Waals surface area contributed by atoms with Gasteiger partial charge in [0.1, 0.15) is 11.5 Å². The van der Waals surface area contributed by atoms with Crippen molar-refractivity contribution in [1.82, 2.24) is 31.1 Å². The summed E-state index contributed by atoms with van der Waals surface area (Å²) in [5.74, 6) is 2.26. The summed E-state index contributed by atoms with van der Waals surface area (Å²) in [6.45, 7) is 14.1. The van der Waals surface area contributed by atoms with E-state index in [9.17, 15) is 0 Å². The second-order valence-electron chi connectivity index (χ2n) is 9.50. The molecule has 4 heterocycles. The summed E-state index contributed by atoms with van der Waals surface area (Å²) in [7, 11) is 0. The standard InChI is InChI=1S/C20H34N8/c1-12(2)14-11-28(9-8-21-14)19-24-17-13(6-7-22-17)18(25-19)23-16-10-15(26-27-16)20(3,4)5/h6-7,12,14-16,21,26-27H,8-11H2,1-5H3,(H2,22,23,24,25)/t14-,15?,16?/m0/s1. The lowest BCUT2D eigenvalue weighted by Crippen LogP contribution is -2.53. The quantitative estimate of drug-likeness (QED) is 0.549. The number of rotatable bonds is 4. The number of aromatic nitrogens is 3. The van der Waals surface area contributed by atoms with E-state index in [1.54, 1.807) is 0 Å². The molecule has 8 nitrogen and oxygen atoms in total. The molecule has 0 aliphatic carbocycles. The number of hydrogen-bond acceptors (Lipinski definition) is 7. The van der Waals surface area contributed by atoms with E-state index in [2.05, 4.69) is 66.0 Å². The van der Waals surface area contributed by atoms with Gasteiger partial charge < -0.3 is 20.5 Å². The van der Waals surface area contributed by atoms with Crippen LogP contribution in [0, 0.1) is 11.3 Å². The number of fused-ring (bicyclic) bond motifs is 1. The van der Waals surface area contributed by atoms with Gasteiger partial charge in [0.15, 0.2) is 0 Å². The first kappa shape index (κ1) is 19.4. The lowest BCUT2D eigenvalue weighted by atomic mass is 9.85. The number of nitrogens with zero attached hydrogens (tertiary/aromatic N) is 3. The van der Waals surface area contributed by atoms with Gasteiger partial charge in [-0.25, -0.2) is 5.43 Å². The summed E-state index contributed by atoms with van der Waals surface area (Å²) in [5.41, 5.74) is 7.89. The molecule has 28 heavy (non-hydrogen) atoms. The van der Waals surface area contributed by atoms with Crippen LogP contribution in [-0.4, -0.2) is 52.8 Å². The molecule has 2 saturated heterocycles. The van der Waals surface area contributed by atoms with Crippen molar-refractivity contribution >= 4 is 22.8 Å². The highest BCUT2D eigenvalue weighted by atomic mass is 15.5. The van der Waals surface area contributed by atoms with E-state index in [0.717, 1.165) is 48.9 Å². The molecule has 0 bridgehead atoms. The highest BCUT2D eigenvalue weighted by Crippen LogP contribution is 2.28. The number of piperazine rings is 1. The minimum atomic E-state index is 0.136. The zero-order valence-corrected chi connectivity index (χ0v) is 17.6. The van der Waals surface area contributed by atoms with Gasteiger partial charge in [0.2, 0.25) is 5.95 Å². The monoisotopic (exact) mass is 386 g/mol. The largest absolute Gasteiger partial charge is 0.353 e. The molecular weight excluding hydrogens is 352 g/mol. The normalized spacial score (nSPS) is 26.4. The van der Waals surface area contributed by atoms with Gasteiger partial charge >= 0.3 is 0 Å². The van der Waals surface area contributed by atoms with Crippen molar-refractivity contribution in [1.29, 1.82) is 0 Å². The molecule has 0 saturated carbocycles. The third kappa shape index (κ3) is 3.94. The van der Waals surface area contributed by atoms with Crippen LogP contribution in [0.5, 0.6) is 0 Å². The zero-order chi connectivity index (χ0) is 19.9. The number of hydrogen-bond donors (Lipinski definition) is 5. The van der Waals surface area contributed by atoms with Crippen molar-refractivity contribution in [2.24, 2.45) is 11.3 Å². The maximum Gasteiger partial charge on any atom is 0.229 e. The van der Waals surface area contributed by atoms with E-state index in [4.69, 9.17) is 9.97 Å². The molecule has 3 atom stereocenters. The van der Waals surface area contributed by atoms with Gasteiger partial charge in [0.05, 0.1) is 11.6 Å². The van der Waals surface area contributed by atoms with Crippen molar-refractivity contribution < 1.29 is 0 Å². The summed E-state index contributed by atoms with van der Waals surface area (Å²) in [6, 6.07) is 2.91. The number of aromatic amines is 1. The predicted octanol–water partition coefficient (Wildman–Crippen LogP) is 2.04. The van der Waals surface area contributed by atoms with E-state index < -0.39 is 0 Å². The van der Waals surface area contributed by atoms with Gasteiger partial charge in [-0.1, -0.05) is 34.6 Å². The van der Waals surface area contributed by atoms with Crippen molar-refractivity contribution in [3.8, 4) is 0 Å². The van der Waals surface area contributed by atoms with E-state index in [1.807, 2.05) is 12.3 Å². The Morgan fingerprint density at radius 3 is 2.75 bits per heavy atom. The Morgan fingerprint density at radius 2 is 2.04 bits per heavy atom. The minimum Gasteiger partial charge on any atom is -0.353 e. The maximum absolute atomic E-state index is 4.93. The van der Waals surface area contributed by atoms with Crippen LogP contribution in [0.2, 0.25) is 0 Å². The van der Waals surface area contributed by atoms with Crippen molar-refractivity contribution in [2.45, 2.75) is 59.3 Å². The van der Waals surface area contributed by atoms with Gasteiger partial charge in [0, 0.05) is 37.9 Å². The number of hydrazine groups is 1.